The predicted molar refractivity (Wildman–Crippen MR) is 33.2 cm³/mol. The minimum Gasteiger partial charge on any atom is -0.344 e. The van der Waals surface area contributed by atoms with Crippen molar-refractivity contribution in [3.8, 4) is 0 Å². The normalized spacial score (nSPS) is 26.7. The molecule has 0 aromatic carbocycles. The third kappa shape index (κ3) is 1.13. The van der Waals surface area contributed by atoms with Crippen LogP contribution in [0, 0.1) is 4.91 Å². The van der Waals surface area contributed by atoms with Crippen LogP contribution in [0.2, 0.25) is 0 Å². The fourth-order valence-electron chi connectivity index (χ4n) is 0.747. The predicted octanol–water partition coefficient (Wildman–Crippen LogP) is -0.433. The molecule has 56 valence electrons. The molecule has 0 N–H and O–H groups in total. The summed E-state index contributed by atoms with van der Waals surface area (Å²) < 4.78 is 4.74. The lowest BCUT2D eigenvalue weighted by atomic mass is 10.4. The molecule has 10 heavy (non-hydrogen) atoms. The zero-order chi connectivity index (χ0) is 7.56. The van der Waals surface area contributed by atoms with E-state index in [1.54, 1.807) is 7.05 Å². The van der Waals surface area contributed by atoms with Crippen LogP contribution in [0.15, 0.2) is 5.18 Å². The number of morpholine rings is 1. The highest BCUT2D eigenvalue weighted by Gasteiger charge is 2.27. The van der Waals surface area contributed by atoms with E-state index in [1.165, 1.54) is 4.90 Å². The number of ether oxygens (including phenoxy) is 1. The third-order valence-electron chi connectivity index (χ3n) is 1.39. The van der Waals surface area contributed by atoms with Gasteiger partial charge in [-0.15, -0.1) is 4.91 Å². The number of carbonyl (C=O) groups excluding carboxylic acids is 1. The quantitative estimate of drug-likeness (QED) is 0.469. The lowest BCUT2D eigenvalue weighted by Gasteiger charge is -2.24. The molecule has 0 saturated carbocycles. The van der Waals surface area contributed by atoms with E-state index in [9.17, 15) is 9.70 Å². The standard InChI is InChI=1S/C5H8N2O3/c1-7-2-3-10-4(6-9)5(7)8/h4H,2-3H2,1H3. The van der Waals surface area contributed by atoms with E-state index in [2.05, 4.69) is 5.18 Å². The Hall–Kier alpha value is -0.970. The van der Waals surface area contributed by atoms with E-state index in [4.69, 9.17) is 4.74 Å². The van der Waals surface area contributed by atoms with Crippen molar-refractivity contribution in [1.82, 2.24) is 4.90 Å². The summed E-state index contributed by atoms with van der Waals surface area (Å²) in [6.07, 6.45) is -1.11. The first-order valence-corrected chi connectivity index (χ1v) is 2.94. The van der Waals surface area contributed by atoms with E-state index < -0.39 is 6.23 Å². The maximum absolute atomic E-state index is 10.9. The van der Waals surface area contributed by atoms with E-state index in [1.807, 2.05) is 0 Å². The van der Waals surface area contributed by atoms with Crippen molar-refractivity contribution < 1.29 is 9.53 Å². The lowest BCUT2D eigenvalue weighted by Crippen LogP contribution is -2.44. The summed E-state index contributed by atoms with van der Waals surface area (Å²) in [7, 11) is 1.61. The summed E-state index contributed by atoms with van der Waals surface area (Å²) in [6.45, 7) is 0.920. The number of likely N-dealkylation sites (N-methyl/N-ethyl adjacent to an activating group) is 1. The number of nitrogens with zero attached hydrogens (tertiary/aromatic N) is 2. The zero-order valence-electron chi connectivity index (χ0n) is 5.61. The molecule has 1 heterocycles. The van der Waals surface area contributed by atoms with Gasteiger partial charge < -0.3 is 9.64 Å². The smallest absolute Gasteiger partial charge is 0.278 e. The van der Waals surface area contributed by atoms with Gasteiger partial charge >= 0.3 is 0 Å². The molecule has 1 unspecified atom stereocenters. The summed E-state index contributed by atoms with van der Waals surface area (Å²) in [5, 5.41) is 2.52. The van der Waals surface area contributed by atoms with Crippen LogP contribution < -0.4 is 0 Å². The van der Waals surface area contributed by atoms with Gasteiger partial charge in [-0.25, -0.2) is 0 Å². The molecule has 5 heteroatoms. The average Bonchev–Trinajstić information content (AvgIpc) is 1.95. The van der Waals surface area contributed by atoms with Crippen LogP contribution in [0.4, 0.5) is 0 Å². The van der Waals surface area contributed by atoms with Crippen molar-refractivity contribution in [3.63, 3.8) is 0 Å². The first kappa shape index (κ1) is 7.14. The molecule has 0 aliphatic carbocycles. The molecule has 0 aromatic heterocycles. The number of carbonyl (C=O) groups is 1. The molecular formula is C5H8N2O3. The number of amides is 1. The van der Waals surface area contributed by atoms with Crippen molar-refractivity contribution in [1.29, 1.82) is 0 Å². The van der Waals surface area contributed by atoms with Crippen molar-refractivity contribution >= 4 is 5.91 Å². The Morgan fingerprint density at radius 1 is 1.80 bits per heavy atom. The first-order chi connectivity index (χ1) is 4.75. The Balaban J connectivity index is 2.59. The topological polar surface area (TPSA) is 59.0 Å². The molecule has 0 bridgehead atoms. The van der Waals surface area contributed by atoms with Gasteiger partial charge in [-0.05, 0) is 5.18 Å². The van der Waals surface area contributed by atoms with E-state index in [-0.39, 0.29) is 5.91 Å². The van der Waals surface area contributed by atoms with Crippen molar-refractivity contribution in [3.05, 3.63) is 4.91 Å². The second-order valence-electron chi connectivity index (χ2n) is 2.09. The summed E-state index contributed by atoms with van der Waals surface area (Å²) in [5.41, 5.74) is 0. The van der Waals surface area contributed by atoms with Crippen LogP contribution in [0.3, 0.4) is 0 Å². The third-order valence-corrected chi connectivity index (χ3v) is 1.39. The molecule has 1 aliphatic heterocycles. The minimum atomic E-state index is -1.11. The molecule has 1 rings (SSSR count). The Morgan fingerprint density at radius 2 is 2.50 bits per heavy atom. The highest BCUT2D eigenvalue weighted by Crippen LogP contribution is 2.04. The first-order valence-electron chi connectivity index (χ1n) is 2.94. The van der Waals surface area contributed by atoms with Gasteiger partial charge in [-0.2, -0.15) is 0 Å². The Bertz CT molecular complexity index is 159. The molecule has 1 aliphatic rings. The van der Waals surface area contributed by atoms with Gasteiger partial charge in [0, 0.05) is 13.6 Å². The molecule has 0 aromatic rings. The van der Waals surface area contributed by atoms with Crippen LogP contribution in [0.25, 0.3) is 0 Å². The Morgan fingerprint density at radius 3 is 3.00 bits per heavy atom. The highest BCUT2D eigenvalue weighted by molar-refractivity contribution is 5.80. The number of hydrogen-bond donors (Lipinski definition) is 0. The van der Waals surface area contributed by atoms with Crippen molar-refractivity contribution in [2.24, 2.45) is 5.18 Å². The van der Waals surface area contributed by atoms with E-state index in [0.29, 0.717) is 13.2 Å². The number of hydrogen-bond acceptors (Lipinski definition) is 4. The second kappa shape index (κ2) is 2.74. The van der Waals surface area contributed by atoms with Gasteiger partial charge in [0.05, 0.1) is 6.61 Å². The van der Waals surface area contributed by atoms with Gasteiger partial charge in [-0.1, -0.05) is 0 Å². The maximum Gasteiger partial charge on any atom is 0.278 e. The van der Waals surface area contributed by atoms with Crippen LogP contribution in [0.1, 0.15) is 0 Å². The Kier molecular flexibility index (Phi) is 1.96. The lowest BCUT2D eigenvalue weighted by molar-refractivity contribution is -0.150. The van der Waals surface area contributed by atoms with Crippen molar-refractivity contribution in [2.75, 3.05) is 20.2 Å². The fourth-order valence-corrected chi connectivity index (χ4v) is 0.747. The monoisotopic (exact) mass is 144 g/mol. The SMILES string of the molecule is CN1CCOC(N=O)C1=O. The molecule has 1 saturated heterocycles. The molecular weight excluding hydrogens is 136 g/mol. The van der Waals surface area contributed by atoms with Crippen LogP contribution >= 0.6 is 0 Å². The van der Waals surface area contributed by atoms with Gasteiger partial charge in [-0.3, -0.25) is 4.79 Å². The van der Waals surface area contributed by atoms with Crippen LogP contribution in [-0.2, 0) is 9.53 Å². The maximum atomic E-state index is 10.9. The average molecular weight is 144 g/mol. The summed E-state index contributed by atoms with van der Waals surface area (Å²) >= 11 is 0. The molecule has 5 nitrogen and oxygen atoms in total. The molecule has 1 atom stereocenters. The highest BCUT2D eigenvalue weighted by atomic mass is 16.5. The molecule has 1 amide bonds. The van der Waals surface area contributed by atoms with E-state index >= 15 is 0 Å². The fraction of sp³-hybridized carbons (Fsp3) is 0.800. The Labute approximate surface area is 57.9 Å². The summed E-state index contributed by atoms with van der Waals surface area (Å²) in [4.78, 5) is 22.2. The van der Waals surface area contributed by atoms with Gasteiger partial charge in [0.2, 0.25) is 0 Å². The number of nitroso groups, excluding NO2 is 1. The number of rotatable bonds is 1. The molecule has 1 fully saturated rings. The largest absolute Gasteiger partial charge is 0.344 e. The van der Waals surface area contributed by atoms with Crippen LogP contribution in [0.5, 0.6) is 0 Å². The van der Waals surface area contributed by atoms with Gasteiger partial charge in [0.15, 0.2) is 0 Å². The van der Waals surface area contributed by atoms with Gasteiger partial charge in [0.1, 0.15) is 0 Å². The van der Waals surface area contributed by atoms with Gasteiger partial charge in [0.25, 0.3) is 12.1 Å². The molecule has 0 radical (unpaired) electrons. The minimum absolute atomic E-state index is 0.360. The van der Waals surface area contributed by atoms with Crippen molar-refractivity contribution in [2.45, 2.75) is 6.23 Å². The van der Waals surface area contributed by atoms with Crippen LogP contribution in [-0.4, -0.2) is 37.2 Å². The second-order valence-corrected chi connectivity index (χ2v) is 2.09. The summed E-state index contributed by atoms with van der Waals surface area (Å²) in [6, 6.07) is 0. The molecule has 0 spiro atoms. The summed E-state index contributed by atoms with van der Waals surface area (Å²) in [5.74, 6) is -0.360. The zero-order valence-corrected chi connectivity index (χ0v) is 5.61. The van der Waals surface area contributed by atoms with E-state index in [0.717, 1.165) is 0 Å².